The zero-order valence-electron chi connectivity index (χ0n) is 19.9. The molecule has 1 aliphatic rings. The van der Waals surface area contributed by atoms with E-state index in [2.05, 4.69) is 15.1 Å². The summed E-state index contributed by atoms with van der Waals surface area (Å²) in [7, 11) is 3.12. The van der Waals surface area contributed by atoms with E-state index in [-0.39, 0.29) is 30.9 Å². The third kappa shape index (κ3) is 6.64. The Morgan fingerprint density at radius 1 is 1.00 bits per heavy atom. The number of rotatable bonds is 9. The average Bonchev–Trinajstić information content (AvgIpc) is 2.84. The Labute approximate surface area is 195 Å². The summed E-state index contributed by atoms with van der Waals surface area (Å²) < 4.78 is 10.2. The van der Waals surface area contributed by atoms with Gasteiger partial charge in [0.1, 0.15) is 12.4 Å². The summed E-state index contributed by atoms with van der Waals surface area (Å²) in [5.74, 6) is 1.66. The van der Waals surface area contributed by atoms with Crippen molar-refractivity contribution in [3.05, 3.63) is 36.4 Å². The van der Waals surface area contributed by atoms with Crippen molar-refractivity contribution in [3.63, 3.8) is 0 Å². The average molecular weight is 456 g/mol. The molecule has 0 atom stereocenters. The molecule has 1 aromatic carbocycles. The van der Waals surface area contributed by atoms with E-state index in [1.807, 2.05) is 55.1 Å². The largest absolute Gasteiger partial charge is 0.497 e. The van der Waals surface area contributed by atoms with Crippen LogP contribution in [0, 0.1) is 5.92 Å². The molecular weight excluding hydrogens is 422 g/mol. The molecular formula is C24H33N5O4. The number of ether oxygens (including phenoxy) is 2. The molecule has 33 heavy (non-hydrogen) atoms. The van der Waals surface area contributed by atoms with Gasteiger partial charge in [-0.25, -0.2) is 0 Å². The van der Waals surface area contributed by atoms with Crippen molar-refractivity contribution in [1.29, 1.82) is 0 Å². The minimum Gasteiger partial charge on any atom is -0.497 e. The van der Waals surface area contributed by atoms with Gasteiger partial charge in [-0.1, -0.05) is 13.8 Å². The Bertz CT molecular complexity index is 909. The summed E-state index contributed by atoms with van der Waals surface area (Å²) in [5.41, 5.74) is 1.76. The SMILES string of the molecule is COCC(=O)N(CC(=O)N1CCN(c2ccc(-c3ccc(OC)cc3)nn2)CC1)CC(C)C. The van der Waals surface area contributed by atoms with Crippen molar-refractivity contribution in [2.75, 3.05) is 65.0 Å². The molecule has 0 saturated carbocycles. The second kappa shape index (κ2) is 11.6. The molecule has 3 rings (SSSR count). The van der Waals surface area contributed by atoms with Crippen LogP contribution in [0.1, 0.15) is 13.8 Å². The zero-order valence-corrected chi connectivity index (χ0v) is 19.9. The maximum Gasteiger partial charge on any atom is 0.249 e. The highest BCUT2D eigenvalue weighted by Crippen LogP contribution is 2.22. The molecule has 9 heteroatoms. The highest BCUT2D eigenvalue weighted by atomic mass is 16.5. The van der Waals surface area contributed by atoms with Gasteiger partial charge >= 0.3 is 0 Å². The number of carbonyl (C=O) groups is 2. The number of anilines is 1. The minimum atomic E-state index is -0.162. The summed E-state index contributed by atoms with van der Waals surface area (Å²) in [6, 6.07) is 11.6. The van der Waals surface area contributed by atoms with E-state index in [9.17, 15) is 9.59 Å². The van der Waals surface area contributed by atoms with Crippen LogP contribution in [0.2, 0.25) is 0 Å². The van der Waals surface area contributed by atoms with Crippen LogP contribution in [-0.2, 0) is 14.3 Å². The van der Waals surface area contributed by atoms with Crippen LogP contribution < -0.4 is 9.64 Å². The van der Waals surface area contributed by atoms with Crippen LogP contribution in [-0.4, -0.2) is 91.9 Å². The summed E-state index contributed by atoms with van der Waals surface area (Å²) in [4.78, 5) is 30.6. The Balaban J connectivity index is 1.55. The Morgan fingerprint density at radius 3 is 2.24 bits per heavy atom. The van der Waals surface area contributed by atoms with Crippen molar-refractivity contribution in [2.45, 2.75) is 13.8 Å². The first-order valence-electron chi connectivity index (χ1n) is 11.2. The molecule has 0 unspecified atom stereocenters. The number of aromatic nitrogens is 2. The molecule has 0 spiro atoms. The number of benzene rings is 1. The normalized spacial score (nSPS) is 13.8. The predicted molar refractivity (Wildman–Crippen MR) is 126 cm³/mol. The molecule has 2 heterocycles. The maximum atomic E-state index is 12.8. The lowest BCUT2D eigenvalue weighted by Crippen LogP contribution is -2.52. The van der Waals surface area contributed by atoms with E-state index >= 15 is 0 Å². The van der Waals surface area contributed by atoms with Crippen molar-refractivity contribution in [3.8, 4) is 17.0 Å². The molecule has 2 aromatic rings. The van der Waals surface area contributed by atoms with Crippen molar-refractivity contribution in [1.82, 2.24) is 20.0 Å². The zero-order chi connectivity index (χ0) is 23.8. The number of nitrogens with zero attached hydrogens (tertiary/aromatic N) is 5. The molecule has 0 radical (unpaired) electrons. The quantitative estimate of drug-likeness (QED) is 0.571. The van der Waals surface area contributed by atoms with E-state index in [1.54, 1.807) is 12.0 Å². The van der Waals surface area contributed by atoms with Gasteiger partial charge in [0.05, 0.1) is 19.3 Å². The molecule has 1 fully saturated rings. The van der Waals surface area contributed by atoms with Gasteiger partial charge < -0.3 is 24.2 Å². The fraction of sp³-hybridized carbons (Fsp3) is 0.500. The second-order valence-corrected chi connectivity index (χ2v) is 8.47. The first-order chi connectivity index (χ1) is 15.9. The van der Waals surface area contributed by atoms with E-state index in [1.165, 1.54) is 7.11 Å². The van der Waals surface area contributed by atoms with Crippen LogP contribution in [0.5, 0.6) is 5.75 Å². The van der Waals surface area contributed by atoms with Gasteiger partial charge in [-0.2, -0.15) is 0 Å². The second-order valence-electron chi connectivity index (χ2n) is 8.47. The summed E-state index contributed by atoms with van der Waals surface area (Å²) in [5, 5.41) is 8.76. The fourth-order valence-corrected chi connectivity index (χ4v) is 3.77. The lowest BCUT2D eigenvalue weighted by atomic mass is 10.1. The molecule has 178 valence electrons. The van der Waals surface area contributed by atoms with Gasteiger partial charge in [0.15, 0.2) is 5.82 Å². The summed E-state index contributed by atoms with van der Waals surface area (Å²) in [6.07, 6.45) is 0. The van der Waals surface area contributed by atoms with Crippen LogP contribution >= 0.6 is 0 Å². The van der Waals surface area contributed by atoms with Crippen LogP contribution in [0.15, 0.2) is 36.4 Å². The minimum absolute atomic E-state index is 0.0149. The number of carbonyl (C=O) groups excluding carboxylic acids is 2. The summed E-state index contributed by atoms with van der Waals surface area (Å²) in [6.45, 7) is 7.13. The molecule has 1 saturated heterocycles. The predicted octanol–water partition coefficient (Wildman–Crippen LogP) is 1.93. The van der Waals surface area contributed by atoms with Gasteiger partial charge in [0.2, 0.25) is 11.8 Å². The van der Waals surface area contributed by atoms with Gasteiger partial charge in [-0.05, 0) is 42.3 Å². The Kier molecular flexibility index (Phi) is 8.59. The van der Waals surface area contributed by atoms with Gasteiger partial charge in [0.25, 0.3) is 0 Å². The van der Waals surface area contributed by atoms with Crippen LogP contribution in [0.4, 0.5) is 5.82 Å². The first kappa shape index (κ1) is 24.4. The van der Waals surface area contributed by atoms with Crippen LogP contribution in [0.3, 0.4) is 0 Å². The van der Waals surface area contributed by atoms with Crippen molar-refractivity contribution >= 4 is 17.6 Å². The van der Waals surface area contributed by atoms with E-state index in [4.69, 9.17) is 9.47 Å². The topological polar surface area (TPSA) is 88.1 Å². The lowest BCUT2D eigenvalue weighted by Gasteiger charge is -2.36. The molecule has 1 aliphatic heterocycles. The number of hydrogen-bond acceptors (Lipinski definition) is 7. The van der Waals surface area contributed by atoms with E-state index < -0.39 is 0 Å². The highest BCUT2D eigenvalue weighted by Gasteiger charge is 2.25. The molecule has 0 bridgehead atoms. The smallest absolute Gasteiger partial charge is 0.249 e. The van der Waals surface area contributed by atoms with Crippen LogP contribution in [0.25, 0.3) is 11.3 Å². The molecule has 2 amide bonds. The maximum absolute atomic E-state index is 12.8. The molecule has 0 aliphatic carbocycles. The molecule has 9 nitrogen and oxygen atoms in total. The third-order valence-electron chi connectivity index (χ3n) is 5.52. The Hall–Kier alpha value is -3.20. The van der Waals surface area contributed by atoms with Crippen molar-refractivity contribution in [2.24, 2.45) is 5.92 Å². The van der Waals surface area contributed by atoms with Crippen molar-refractivity contribution < 1.29 is 19.1 Å². The highest BCUT2D eigenvalue weighted by molar-refractivity contribution is 5.85. The number of hydrogen-bond donors (Lipinski definition) is 0. The first-order valence-corrected chi connectivity index (χ1v) is 11.2. The Morgan fingerprint density at radius 2 is 1.70 bits per heavy atom. The number of piperazine rings is 1. The fourth-order valence-electron chi connectivity index (χ4n) is 3.77. The standard InChI is InChI=1S/C24H33N5O4/c1-18(2)15-29(24(31)17-32-3)16-23(30)28-13-11-27(12-14-28)22-10-9-21(25-26-22)19-5-7-20(33-4)8-6-19/h5-10,18H,11-17H2,1-4H3. The van der Waals surface area contributed by atoms with E-state index in [0.717, 1.165) is 22.8 Å². The number of amides is 2. The van der Waals surface area contributed by atoms with Gasteiger partial charge in [-0.15, -0.1) is 10.2 Å². The molecule has 0 N–H and O–H groups in total. The van der Waals surface area contributed by atoms with Gasteiger partial charge in [-0.3, -0.25) is 9.59 Å². The van der Waals surface area contributed by atoms with Gasteiger partial charge in [0, 0.05) is 45.4 Å². The lowest BCUT2D eigenvalue weighted by molar-refractivity contribution is -0.143. The number of methoxy groups -OCH3 is 2. The summed E-state index contributed by atoms with van der Waals surface area (Å²) >= 11 is 0. The van der Waals surface area contributed by atoms with E-state index in [0.29, 0.717) is 32.7 Å². The third-order valence-corrected chi connectivity index (χ3v) is 5.52. The monoisotopic (exact) mass is 455 g/mol. The molecule has 1 aromatic heterocycles.